The molecule has 2 aromatic carbocycles. The van der Waals surface area contributed by atoms with Gasteiger partial charge in [-0.05, 0) is 53.9 Å². The number of anilines is 1. The number of phenolic OH excluding ortho intramolecular Hbond substituents is 1. The van der Waals surface area contributed by atoms with Crippen LogP contribution in [0.25, 0.3) is 0 Å². The van der Waals surface area contributed by atoms with E-state index in [9.17, 15) is 19.5 Å². The van der Waals surface area contributed by atoms with Crippen molar-refractivity contribution in [3.8, 4) is 5.75 Å². The molecule has 2 N–H and O–H groups in total. The molecule has 2 bridgehead atoms. The Bertz CT molecular complexity index is 1160. The average molecular weight is 463 g/mol. The lowest BCUT2D eigenvalue weighted by atomic mass is 9.63. The normalized spacial score (nSPS) is 31.8. The molecule has 7 heteroatoms. The average Bonchev–Trinajstić information content (AvgIpc) is 3.59. The van der Waals surface area contributed by atoms with E-state index in [1.165, 1.54) is 23.1 Å². The zero-order chi connectivity index (χ0) is 22.9. The number of carbonyl (C=O) groups is 3. The van der Waals surface area contributed by atoms with Crippen molar-refractivity contribution in [1.82, 2.24) is 4.90 Å². The SMILES string of the molecule is O=C(Nc1cc(Cl)ccc1O)[C@H](Cc1ccccc1)N1C(=O)[C@@H]2[C@H]3C=C[C@@H]([C@@H]4C[C@H]34)[C@H]2C1=O. The van der Waals surface area contributed by atoms with Gasteiger partial charge in [-0.3, -0.25) is 19.3 Å². The van der Waals surface area contributed by atoms with Crippen molar-refractivity contribution in [2.45, 2.75) is 18.9 Å². The first kappa shape index (κ1) is 20.5. The second-order valence-electron chi connectivity index (χ2n) is 9.56. The highest BCUT2D eigenvalue weighted by atomic mass is 35.5. The summed E-state index contributed by atoms with van der Waals surface area (Å²) in [6.07, 6.45) is 5.51. The summed E-state index contributed by atoms with van der Waals surface area (Å²) in [5.41, 5.74) is 0.984. The van der Waals surface area contributed by atoms with E-state index in [0.29, 0.717) is 16.9 Å². The second kappa shape index (κ2) is 7.45. The minimum absolute atomic E-state index is 0.0869. The van der Waals surface area contributed by atoms with Crippen molar-refractivity contribution in [3.05, 3.63) is 71.3 Å². The number of nitrogens with zero attached hydrogens (tertiary/aromatic N) is 1. The van der Waals surface area contributed by atoms with E-state index >= 15 is 0 Å². The monoisotopic (exact) mass is 462 g/mol. The molecule has 7 rings (SSSR count). The number of benzene rings is 2. The Labute approximate surface area is 196 Å². The lowest BCUT2D eigenvalue weighted by Gasteiger charge is -2.37. The number of phenols is 1. The molecule has 6 nitrogen and oxygen atoms in total. The van der Waals surface area contributed by atoms with Crippen molar-refractivity contribution in [3.63, 3.8) is 0 Å². The van der Waals surface area contributed by atoms with Crippen molar-refractivity contribution in [1.29, 1.82) is 0 Å². The molecule has 4 aliphatic carbocycles. The van der Waals surface area contributed by atoms with Crippen LogP contribution in [0.15, 0.2) is 60.7 Å². The minimum atomic E-state index is -1.02. The van der Waals surface area contributed by atoms with Gasteiger partial charge < -0.3 is 10.4 Å². The molecule has 33 heavy (non-hydrogen) atoms. The van der Waals surface area contributed by atoms with E-state index in [1.807, 2.05) is 30.3 Å². The Balaban J connectivity index is 1.34. The van der Waals surface area contributed by atoms with E-state index in [0.717, 1.165) is 12.0 Å². The number of likely N-dealkylation sites (tertiary alicyclic amines) is 1. The predicted molar refractivity (Wildman–Crippen MR) is 122 cm³/mol. The number of rotatable bonds is 5. The number of aromatic hydroxyl groups is 1. The molecule has 0 unspecified atom stereocenters. The van der Waals surface area contributed by atoms with Crippen LogP contribution in [-0.4, -0.2) is 33.8 Å². The Morgan fingerprint density at radius 2 is 1.67 bits per heavy atom. The molecule has 0 radical (unpaired) electrons. The van der Waals surface area contributed by atoms with Crippen LogP contribution in [0.4, 0.5) is 5.69 Å². The summed E-state index contributed by atoms with van der Waals surface area (Å²) in [5.74, 6) is -0.757. The third kappa shape index (κ3) is 3.19. The van der Waals surface area contributed by atoms with Crippen LogP contribution in [-0.2, 0) is 20.8 Å². The zero-order valence-electron chi connectivity index (χ0n) is 17.7. The van der Waals surface area contributed by atoms with Crippen molar-refractivity contribution >= 4 is 35.0 Å². The maximum atomic E-state index is 13.6. The maximum Gasteiger partial charge on any atom is 0.248 e. The topological polar surface area (TPSA) is 86.7 Å². The highest BCUT2D eigenvalue weighted by Gasteiger charge is 2.67. The van der Waals surface area contributed by atoms with Gasteiger partial charge in [0.2, 0.25) is 17.7 Å². The molecule has 2 aromatic rings. The highest BCUT2D eigenvalue weighted by molar-refractivity contribution is 6.31. The molecular weight excluding hydrogens is 440 g/mol. The van der Waals surface area contributed by atoms with Gasteiger partial charge in [0.05, 0.1) is 17.5 Å². The second-order valence-corrected chi connectivity index (χ2v) is 9.99. The smallest absolute Gasteiger partial charge is 0.248 e. The predicted octanol–water partition coefficient (Wildman–Crippen LogP) is 3.65. The summed E-state index contributed by atoms with van der Waals surface area (Å²) in [6.45, 7) is 0. The lowest BCUT2D eigenvalue weighted by Crippen LogP contribution is -2.49. The van der Waals surface area contributed by atoms with Crippen LogP contribution >= 0.6 is 11.6 Å². The van der Waals surface area contributed by atoms with E-state index in [1.54, 1.807) is 0 Å². The molecule has 7 atom stereocenters. The Hall–Kier alpha value is -3.12. The highest BCUT2D eigenvalue weighted by Crippen LogP contribution is 2.65. The van der Waals surface area contributed by atoms with Gasteiger partial charge >= 0.3 is 0 Å². The lowest BCUT2D eigenvalue weighted by molar-refractivity contribution is -0.146. The number of hydrogen-bond acceptors (Lipinski definition) is 4. The number of allylic oxidation sites excluding steroid dienone is 2. The molecule has 1 saturated heterocycles. The molecule has 168 valence electrons. The van der Waals surface area contributed by atoms with Gasteiger partial charge in [0.15, 0.2) is 0 Å². The fourth-order valence-corrected chi connectivity index (χ4v) is 6.42. The molecule has 0 aromatic heterocycles. The fraction of sp³-hybridized carbons (Fsp3) is 0.346. The summed E-state index contributed by atoms with van der Waals surface area (Å²) in [7, 11) is 0. The van der Waals surface area contributed by atoms with Crippen molar-refractivity contribution < 1.29 is 19.5 Å². The largest absolute Gasteiger partial charge is 0.506 e. The number of nitrogens with one attached hydrogen (secondary N) is 1. The summed E-state index contributed by atoms with van der Waals surface area (Å²) < 4.78 is 0. The van der Waals surface area contributed by atoms with Gasteiger partial charge in [0.1, 0.15) is 11.8 Å². The molecular formula is C26H23ClN2O4. The molecule has 3 amide bonds. The van der Waals surface area contributed by atoms with E-state index in [2.05, 4.69) is 17.5 Å². The first-order valence-corrected chi connectivity index (χ1v) is 11.7. The summed E-state index contributed by atoms with van der Waals surface area (Å²) in [5, 5.41) is 13.2. The third-order valence-electron chi connectivity index (χ3n) is 7.80. The maximum absolute atomic E-state index is 13.6. The number of hydrogen-bond donors (Lipinski definition) is 2. The van der Waals surface area contributed by atoms with Crippen molar-refractivity contribution in [2.24, 2.45) is 35.5 Å². The zero-order valence-corrected chi connectivity index (χ0v) is 18.5. The summed E-state index contributed by atoms with van der Waals surface area (Å²) >= 11 is 6.03. The number of halogens is 1. The van der Waals surface area contributed by atoms with Gasteiger partial charge in [0.25, 0.3) is 0 Å². The first-order chi connectivity index (χ1) is 15.9. The van der Waals surface area contributed by atoms with Crippen LogP contribution in [0.5, 0.6) is 5.75 Å². The summed E-state index contributed by atoms with van der Waals surface area (Å²) in [4.78, 5) is 42.0. The van der Waals surface area contributed by atoms with Gasteiger partial charge in [-0.2, -0.15) is 0 Å². The molecule has 1 aliphatic heterocycles. The summed E-state index contributed by atoms with van der Waals surface area (Å²) in [6, 6.07) is 12.7. The standard InChI is InChI=1S/C26H23ClN2O4/c27-14-6-9-21(30)19(11-14)28-24(31)20(10-13-4-2-1-3-5-13)29-25(32)22-15-7-8-16(18-12-17(15)18)23(22)26(29)33/h1-9,11,15-18,20,22-23,30H,10,12H2,(H,28,31)/t15-,16-,17-,18+,20-,22+,23+/m0/s1. The Morgan fingerprint density at radius 3 is 2.30 bits per heavy atom. The molecule has 5 aliphatic rings. The van der Waals surface area contributed by atoms with Crippen LogP contribution < -0.4 is 5.32 Å². The Morgan fingerprint density at radius 1 is 1.03 bits per heavy atom. The van der Waals surface area contributed by atoms with Crippen molar-refractivity contribution in [2.75, 3.05) is 5.32 Å². The first-order valence-electron chi connectivity index (χ1n) is 11.3. The number of amides is 3. The quantitative estimate of drug-likeness (QED) is 0.403. The van der Waals surface area contributed by atoms with Gasteiger partial charge in [-0.1, -0.05) is 54.1 Å². The fourth-order valence-electron chi connectivity index (χ4n) is 6.25. The van der Waals surface area contributed by atoms with E-state index in [-0.39, 0.29) is 53.3 Å². The van der Waals surface area contributed by atoms with Crippen LogP contribution in [0, 0.1) is 35.5 Å². The van der Waals surface area contributed by atoms with E-state index in [4.69, 9.17) is 11.6 Å². The molecule has 2 saturated carbocycles. The van der Waals surface area contributed by atoms with Crippen LogP contribution in [0.1, 0.15) is 12.0 Å². The molecule has 3 fully saturated rings. The molecule has 0 spiro atoms. The Kier molecular flexibility index (Phi) is 4.63. The van der Waals surface area contributed by atoms with Gasteiger partial charge in [-0.25, -0.2) is 0 Å². The van der Waals surface area contributed by atoms with Crippen LogP contribution in [0.3, 0.4) is 0 Å². The number of imide groups is 1. The third-order valence-corrected chi connectivity index (χ3v) is 8.03. The number of carbonyl (C=O) groups excluding carboxylic acids is 3. The molecule has 1 heterocycles. The van der Waals surface area contributed by atoms with Crippen LogP contribution in [0.2, 0.25) is 5.02 Å². The van der Waals surface area contributed by atoms with Gasteiger partial charge in [-0.15, -0.1) is 0 Å². The van der Waals surface area contributed by atoms with Gasteiger partial charge in [0, 0.05) is 11.4 Å². The minimum Gasteiger partial charge on any atom is -0.506 e. The van der Waals surface area contributed by atoms with E-state index < -0.39 is 11.9 Å².